The van der Waals surface area contributed by atoms with E-state index in [9.17, 15) is 0 Å². The van der Waals surface area contributed by atoms with Crippen molar-refractivity contribution in [3.8, 4) is 0 Å². The fourth-order valence-corrected chi connectivity index (χ4v) is 3.11. The van der Waals surface area contributed by atoms with Crippen molar-refractivity contribution >= 4 is 5.69 Å². The van der Waals surface area contributed by atoms with Crippen LogP contribution in [0.2, 0.25) is 0 Å². The van der Waals surface area contributed by atoms with Gasteiger partial charge in [-0.15, -0.1) is 0 Å². The van der Waals surface area contributed by atoms with E-state index < -0.39 is 0 Å². The Hall–Kier alpha value is -1.17. The highest BCUT2D eigenvalue weighted by Gasteiger charge is 2.28. The fourth-order valence-electron chi connectivity index (χ4n) is 3.11. The van der Waals surface area contributed by atoms with Crippen LogP contribution in [-0.2, 0) is 11.2 Å². The van der Waals surface area contributed by atoms with Gasteiger partial charge in [0.1, 0.15) is 0 Å². The van der Waals surface area contributed by atoms with E-state index in [1.165, 1.54) is 19.5 Å². The van der Waals surface area contributed by atoms with E-state index in [-0.39, 0.29) is 0 Å². The molecule has 2 N–H and O–H groups in total. The smallest absolute Gasteiger partial charge is 0.0594 e. The fraction of sp³-hybridized carbons (Fsp3) is 0.667. The highest BCUT2D eigenvalue weighted by molar-refractivity contribution is 5.34. The number of anilines is 1. The normalized spacial score (nSPS) is 25.1. The van der Waals surface area contributed by atoms with E-state index >= 15 is 0 Å². The second-order valence-corrected chi connectivity index (χ2v) is 5.72. The molecule has 20 heavy (non-hydrogen) atoms. The van der Waals surface area contributed by atoms with Crippen LogP contribution in [0.15, 0.2) is 18.3 Å². The maximum absolute atomic E-state index is 5.66. The van der Waals surface area contributed by atoms with Crippen molar-refractivity contribution in [2.24, 2.45) is 0 Å². The number of hydrogen-bond donors (Lipinski definition) is 1. The summed E-state index contributed by atoms with van der Waals surface area (Å²) in [5.41, 5.74) is 7.53. The Morgan fingerprint density at radius 2 is 2.10 bits per heavy atom. The third-order valence-corrected chi connectivity index (χ3v) is 4.34. The van der Waals surface area contributed by atoms with Gasteiger partial charge in [0, 0.05) is 44.3 Å². The van der Waals surface area contributed by atoms with Gasteiger partial charge in [-0.2, -0.15) is 0 Å². The van der Waals surface area contributed by atoms with E-state index in [1.807, 2.05) is 12.1 Å². The zero-order chi connectivity index (χ0) is 13.8. The maximum atomic E-state index is 5.66. The van der Waals surface area contributed by atoms with Crippen molar-refractivity contribution in [2.45, 2.75) is 18.9 Å². The molecule has 1 aromatic rings. The Kier molecular flexibility index (Phi) is 4.50. The number of morpholine rings is 1. The number of hydrogen-bond acceptors (Lipinski definition) is 5. The lowest BCUT2D eigenvalue weighted by molar-refractivity contribution is 0.0185. The number of ether oxygens (including phenoxy) is 1. The first kappa shape index (κ1) is 13.8. The van der Waals surface area contributed by atoms with E-state index in [4.69, 9.17) is 10.5 Å². The second-order valence-electron chi connectivity index (χ2n) is 5.72. The van der Waals surface area contributed by atoms with Crippen LogP contribution in [0.5, 0.6) is 0 Å². The lowest BCUT2D eigenvalue weighted by Crippen LogP contribution is -2.44. The van der Waals surface area contributed by atoms with Crippen molar-refractivity contribution in [2.75, 3.05) is 51.7 Å². The summed E-state index contributed by atoms with van der Waals surface area (Å²) in [7, 11) is 0. The molecule has 5 heteroatoms. The standard InChI is InChI=1S/C15H24N4O/c16-13-1-2-14(17-11-13)3-5-18-6-4-15(12-18)19-7-9-20-10-8-19/h1-2,11,15H,3-10,12,16H2. The van der Waals surface area contributed by atoms with E-state index in [2.05, 4.69) is 14.8 Å². The van der Waals surface area contributed by atoms with Gasteiger partial charge in [0.2, 0.25) is 0 Å². The summed E-state index contributed by atoms with van der Waals surface area (Å²) >= 11 is 0. The molecule has 2 fully saturated rings. The summed E-state index contributed by atoms with van der Waals surface area (Å²) in [6.07, 6.45) is 4.04. The summed E-state index contributed by atoms with van der Waals surface area (Å²) in [4.78, 5) is 9.51. The number of aromatic nitrogens is 1. The molecule has 0 bridgehead atoms. The Morgan fingerprint density at radius 3 is 2.85 bits per heavy atom. The zero-order valence-electron chi connectivity index (χ0n) is 12.0. The first-order valence-corrected chi connectivity index (χ1v) is 7.56. The van der Waals surface area contributed by atoms with E-state index in [1.54, 1.807) is 6.20 Å². The highest BCUT2D eigenvalue weighted by Crippen LogP contribution is 2.17. The SMILES string of the molecule is Nc1ccc(CCN2CCC(N3CCOCC3)C2)nc1. The third kappa shape index (κ3) is 3.48. The largest absolute Gasteiger partial charge is 0.397 e. The van der Waals surface area contributed by atoms with Crippen LogP contribution >= 0.6 is 0 Å². The minimum atomic E-state index is 0.721. The van der Waals surface area contributed by atoms with Gasteiger partial charge in [-0.25, -0.2) is 0 Å². The predicted octanol–water partition coefficient (Wildman–Crippen LogP) is 0.613. The van der Waals surface area contributed by atoms with Crippen LogP contribution in [0.25, 0.3) is 0 Å². The van der Waals surface area contributed by atoms with Crippen LogP contribution < -0.4 is 5.73 Å². The first-order valence-electron chi connectivity index (χ1n) is 7.56. The average Bonchev–Trinajstić information content (AvgIpc) is 2.97. The lowest BCUT2D eigenvalue weighted by atomic mass is 10.2. The Morgan fingerprint density at radius 1 is 1.25 bits per heavy atom. The molecule has 0 aliphatic carbocycles. The topological polar surface area (TPSA) is 54.6 Å². The Bertz CT molecular complexity index is 416. The predicted molar refractivity (Wildman–Crippen MR) is 79.6 cm³/mol. The van der Waals surface area contributed by atoms with Crippen molar-refractivity contribution in [3.05, 3.63) is 24.0 Å². The quantitative estimate of drug-likeness (QED) is 0.873. The van der Waals surface area contributed by atoms with E-state index in [0.29, 0.717) is 0 Å². The van der Waals surface area contributed by atoms with Gasteiger partial charge in [0.25, 0.3) is 0 Å². The first-order chi connectivity index (χ1) is 9.81. The second kappa shape index (κ2) is 6.52. The van der Waals surface area contributed by atoms with Gasteiger partial charge in [-0.3, -0.25) is 9.88 Å². The van der Waals surface area contributed by atoms with Crippen LogP contribution in [0.1, 0.15) is 12.1 Å². The lowest BCUT2D eigenvalue weighted by Gasteiger charge is -2.32. The molecule has 2 aliphatic rings. The van der Waals surface area contributed by atoms with Gasteiger partial charge in [-0.1, -0.05) is 0 Å². The van der Waals surface area contributed by atoms with Crippen LogP contribution in [0.3, 0.4) is 0 Å². The molecule has 3 heterocycles. The number of nitrogens with zero attached hydrogens (tertiary/aromatic N) is 3. The molecule has 110 valence electrons. The van der Waals surface area contributed by atoms with Crippen molar-refractivity contribution in [3.63, 3.8) is 0 Å². The molecule has 1 aromatic heterocycles. The number of likely N-dealkylation sites (tertiary alicyclic amines) is 1. The van der Waals surface area contributed by atoms with Gasteiger partial charge in [0.05, 0.1) is 25.1 Å². The molecule has 3 rings (SSSR count). The Balaban J connectivity index is 1.44. The van der Waals surface area contributed by atoms with E-state index in [0.717, 1.165) is 56.7 Å². The van der Waals surface area contributed by atoms with Gasteiger partial charge in [-0.05, 0) is 25.1 Å². The molecule has 0 spiro atoms. The molecular formula is C15H24N4O. The molecule has 0 aromatic carbocycles. The molecule has 2 aliphatic heterocycles. The molecule has 0 saturated carbocycles. The summed E-state index contributed by atoms with van der Waals surface area (Å²) in [5.74, 6) is 0. The maximum Gasteiger partial charge on any atom is 0.0594 e. The van der Waals surface area contributed by atoms with Crippen LogP contribution in [0, 0.1) is 0 Å². The summed E-state index contributed by atoms with van der Waals surface area (Å²) in [5, 5.41) is 0. The summed E-state index contributed by atoms with van der Waals surface area (Å²) in [6, 6.07) is 4.69. The van der Waals surface area contributed by atoms with Crippen LogP contribution in [-0.4, -0.2) is 66.8 Å². The van der Waals surface area contributed by atoms with Crippen molar-refractivity contribution in [1.29, 1.82) is 0 Å². The monoisotopic (exact) mass is 276 g/mol. The van der Waals surface area contributed by atoms with Gasteiger partial charge >= 0.3 is 0 Å². The molecule has 1 atom stereocenters. The average molecular weight is 276 g/mol. The number of rotatable bonds is 4. The molecule has 1 unspecified atom stereocenters. The zero-order valence-corrected chi connectivity index (χ0v) is 12.0. The van der Waals surface area contributed by atoms with Crippen molar-refractivity contribution < 1.29 is 4.74 Å². The highest BCUT2D eigenvalue weighted by atomic mass is 16.5. The number of pyridine rings is 1. The summed E-state index contributed by atoms with van der Waals surface area (Å²) in [6.45, 7) is 7.47. The number of nitrogen functional groups attached to an aromatic ring is 1. The minimum Gasteiger partial charge on any atom is -0.397 e. The third-order valence-electron chi connectivity index (χ3n) is 4.34. The Labute approximate surface area is 120 Å². The molecule has 0 amide bonds. The van der Waals surface area contributed by atoms with Gasteiger partial charge in [0.15, 0.2) is 0 Å². The molecular weight excluding hydrogens is 252 g/mol. The number of nitrogens with two attached hydrogens (primary N) is 1. The molecule has 5 nitrogen and oxygen atoms in total. The van der Waals surface area contributed by atoms with Crippen molar-refractivity contribution in [1.82, 2.24) is 14.8 Å². The summed E-state index contributed by atoms with van der Waals surface area (Å²) < 4.78 is 5.43. The van der Waals surface area contributed by atoms with Gasteiger partial charge < -0.3 is 15.4 Å². The van der Waals surface area contributed by atoms with Crippen LogP contribution in [0.4, 0.5) is 5.69 Å². The molecule has 0 radical (unpaired) electrons. The minimum absolute atomic E-state index is 0.721. The molecule has 2 saturated heterocycles.